The molecule has 3 heterocycles. The number of nitrogens with two attached hydrogens (primary N) is 2. The molecule has 5 N–H and O–H groups in total. The summed E-state index contributed by atoms with van der Waals surface area (Å²) in [5.74, 6) is 3.33. The molecule has 0 spiro atoms. The molecule has 1 amide bonds. The predicted octanol–water partition coefficient (Wildman–Crippen LogP) is 0.189. The molecule has 13 nitrogen and oxygen atoms in total. The number of nitrogens with zero attached hydrogens (tertiary/aromatic N) is 3. The van der Waals surface area contributed by atoms with Crippen LogP contribution in [0.2, 0.25) is 0 Å². The average Bonchev–Trinajstić information content (AvgIpc) is 3.56. The van der Waals surface area contributed by atoms with Crippen LogP contribution < -0.4 is 17.0 Å². The number of rotatable bonds is 5. The first-order valence-corrected chi connectivity index (χ1v) is 9.44. The maximum atomic E-state index is 11.3. The van der Waals surface area contributed by atoms with Gasteiger partial charge in [0.05, 0.1) is 26.0 Å². The molecule has 0 radical (unpaired) electrons. The number of hydrogen-bond donors (Lipinski definition) is 3. The molecule has 0 atom stereocenters. The van der Waals surface area contributed by atoms with E-state index < -0.39 is 11.9 Å². The molecule has 0 bridgehead atoms. The zero-order valence-electron chi connectivity index (χ0n) is 17.3. The summed E-state index contributed by atoms with van der Waals surface area (Å²) in [5.41, 5.74) is 9.08. The third kappa shape index (κ3) is 8.85. The van der Waals surface area contributed by atoms with Crippen molar-refractivity contribution < 1.29 is 32.9 Å². The molecule has 14 heteroatoms. The van der Waals surface area contributed by atoms with E-state index in [1.807, 2.05) is 5.43 Å². The summed E-state index contributed by atoms with van der Waals surface area (Å²) in [4.78, 5) is 35.9. The van der Waals surface area contributed by atoms with E-state index in [1.54, 1.807) is 26.1 Å². The fraction of sp³-hybridized carbons (Fsp3) is 0.278. The van der Waals surface area contributed by atoms with Crippen LogP contribution in [-0.4, -0.2) is 58.6 Å². The topological polar surface area (TPSA) is 198 Å². The number of aliphatic imine (C=N–C) groups is 1. The molecular weight excluding hydrogens is 444 g/mol. The van der Waals surface area contributed by atoms with Gasteiger partial charge in [-0.1, -0.05) is 22.5 Å². The molecule has 32 heavy (non-hydrogen) atoms. The SMILES string of the molecule is CCOC(=O)C(N)=S.CCOC(=O)C1=NCC(c2cnoc2)=C1.NNC(=O)c1ccon1. The highest BCUT2D eigenvalue weighted by atomic mass is 32.1. The van der Waals surface area contributed by atoms with Gasteiger partial charge in [0.2, 0.25) is 0 Å². The van der Waals surface area contributed by atoms with E-state index in [1.165, 1.54) is 18.6 Å². The zero-order valence-corrected chi connectivity index (χ0v) is 18.1. The van der Waals surface area contributed by atoms with Crippen LogP contribution >= 0.6 is 12.2 Å². The summed E-state index contributed by atoms with van der Waals surface area (Å²) in [6, 6.07) is 1.42. The van der Waals surface area contributed by atoms with E-state index >= 15 is 0 Å². The van der Waals surface area contributed by atoms with Gasteiger partial charge in [0.15, 0.2) is 10.7 Å². The summed E-state index contributed by atoms with van der Waals surface area (Å²) < 4.78 is 18.3. The fourth-order valence-electron chi connectivity index (χ4n) is 1.90. The maximum absolute atomic E-state index is 11.3. The highest BCUT2D eigenvalue weighted by molar-refractivity contribution is 7.81. The minimum absolute atomic E-state index is 0.178. The van der Waals surface area contributed by atoms with Gasteiger partial charge >= 0.3 is 11.9 Å². The van der Waals surface area contributed by atoms with Gasteiger partial charge in [0.1, 0.15) is 18.2 Å². The second kappa shape index (κ2) is 14.2. The number of carbonyl (C=O) groups is 3. The molecule has 2 aromatic heterocycles. The van der Waals surface area contributed by atoms with E-state index in [9.17, 15) is 14.4 Å². The van der Waals surface area contributed by atoms with Crippen molar-refractivity contribution in [2.24, 2.45) is 16.6 Å². The third-order valence-electron chi connectivity index (χ3n) is 3.30. The van der Waals surface area contributed by atoms with E-state index in [2.05, 4.69) is 36.8 Å². The minimum Gasteiger partial charge on any atom is -0.461 e. The number of nitrogen functional groups attached to an aromatic ring is 1. The quantitative estimate of drug-likeness (QED) is 0.178. The largest absolute Gasteiger partial charge is 0.461 e. The van der Waals surface area contributed by atoms with Gasteiger partial charge in [-0.3, -0.25) is 15.2 Å². The standard InChI is InChI=1S/C10H10N2O3.C4H5N3O2.C4H7NO2S/c1-2-14-10(13)9-3-7(4-11-9)8-5-12-15-6-8;5-6-4(8)3-1-2-9-7-3;1-2-7-4(6)3(5)8/h3,5-6H,2,4H2,1H3;1-2H,5H2,(H,6,8);2H2,1H3,(H2,5,8). The van der Waals surface area contributed by atoms with Crippen molar-refractivity contribution in [3.05, 3.63) is 42.1 Å². The Bertz CT molecular complexity index is 955. The Morgan fingerprint density at radius 1 is 1.22 bits per heavy atom. The van der Waals surface area contributed by atoms with Crippen molar-refractivity contribution in [2.75, 3.05) is 19.8 Å². The van der Waals surface area contributed by atoms with Crippen molar-refractivity contribution in [3.63, 3.8) is 0 Å². The average molecular weight is 466 g/mol. The molecule has 0 unspecified atom stereocenters. The van der Waals surface area contributed by atoms with E-state index in [0.717, 1.165) is 11.1 Å². The second-order valence-electron chi connectivity index (χ2n) is 5.45. The lowest BCUT2D eigenvalue weighted by Crippen LogP contribution is -2.30. The first kappa shape index (κ1) is 26.1. The molecule has 1 aliphatic rings. The summed E-state index contributed by atoms with van der Waals surface area (Å²) in [6.45, 7) is 4.59. The first-order chi connectivity index (χ1) is 15.3. The Balaban J connectivity index is 0.000000260. The van der Waals surface area contributed by atoms with Crippen LogP contribution in [0.3, 0.4) is 0 Å². The Morgan fingerprint density at radius 2 is 1.94 bits per heavy atom. The number of thiocarbonyl (C=S) groups is 1. The molecule has 0 fully saturated rings. The number of nitrogens with one attached hydrogen (secondary N) is 1. The van der Waals surface area contributed by atoms with E-state index in [4.69, 9.17) is 20.8 Å². The lowest BCUT2D eigenvalue weighted by atomic mass is 10.1. The van der Waals surface area contributed by atoms with Crippen LogP contribution in [0.25, 0.3) is 5.57 Å². The number of hydrazine groups is 1. The fourth-order valence-corrected chi connectivity index (χ4v) is 1.96. The van der Waals surface area contributed by atoms with Gasteiger partial charge in [0, 0.05) is 11.6 Å². The van der Waals surface area contributed by atoms with Crippen LogP contribution in [0, 0.1) is 0 Å². The Labute approximate surface area is 187 Å². The molecule has 0 saturated carbocycles. The van der Waals surface area contributed by atoms with Gasteiger partial charge < -0.3 is 24.3 Å². The number of aromatic nitrogens is 2. The highest BCUT2D eigenvalue weighted by Gasteiger charge is 2.18. The van der Waals surface area contributed by atoms with Crippen molar-refractivity contribution in [1.82, 2.24) is 15.7 Å². The van der Waals surface area contributed by atoms with Crippen LogP contribution in [0.4, 0.5) is 0 Å². The van der Waals surface area contributed by atoms with Crippen molar-refractivity contribution >= 4 is 46.3 Å². The monoisotopic (exact) mass is 466 g/mol. The zero-order chi connectivity index (χ0) is 23.9. The number of amides is 1. The van der Waals surface area contributed by atoms with Crippen molar-refractivity contribution in [3.8, 4) is 0 Å². The molecular formula is C18H22N6O7S. The van der Waals surface area contributed by atoms with Crippen molar-refractivity contribution in [1.29, 1.82) is 0 Å². The highest BCUT2D eigenvalue weighted by Crippen LogP contribution is 2.18. The number of hydrogen-bond acceptors (Lipinski definition) is 12. The third-order valence-corrected chi connectivity index (χ3v) is 3.46. The van der Waals surface area contributed by atoms with Gasteiger partial charge in [-0.25, -0.2) is 15.4 Å². The summed E-state index contributed by atoms with van der Waals surface area (Å²) in [6.07, 6.45) is 6.11. The molecule has 0 aliphatic carbocycles. The predicted molar refractivity (Wildman–Crippen MR) is 115 cm³/mol. The van der Waals surface area contributed by atoms with Gasteiger partial charge in [-0.2, -0.15) is 0 Å². The van der Waals surface area contributed by atoms with Crippen molar-refractivity contribution in [2.45, 2.75) is 13.8 Å². The van der Waals surface area contributed by atoms with Crippen LogP contribution in [0.5, 0.6) is 0 Å². The molecule has 3 rings (SSSR count). The number of ether oxygens (including phenoxy) is 2. The number of carbonyl (C=O) groups excluding carboxylic acids is 3. The normalized spacial score (nSPS) is 11.5. The second-order valence-corrected chi connectivity index (χ2v) is 5.89. The van der Waals surface area contributed by atoms with E-state index in [0.29, 0.717) is 25.5 Å². The maximum Gasteiger partial charge on any atom is 0.365 e. The molecule has 172 valence electrons. The summed E-state index contributed by atoms with van der Waals surface area (Å²) in [5, 5.41) is 6.91. The summed E-state index contributed by atoms with van der Waals surface area (Å²) in [7, 11) is 0. The number of esters is 2. The van der Waals surface area contributed by atoms with Gasteiger partial charge in [-0.05, 0) is 25.5 Å². The van der Waals surface area contributed by atoms with Crippen LogP contribution in [-0.2, 0) is 19.1 Å². The van der Waals surface area contributed by atoms with Gasteiger partial charge in [-0.15, -0.1) is 0 Å². The molecule has 0 aromatic carbocycles. The first-order valence-electron chi connectivity index (χ1n) is 9.03. The Hall–Kier alpha value is -3.91. The van der Waals surface area contributed by atoms with Gasteiger partial charge in [0.25, 0.3) is 5.91 Å². The molecule has 1 aliphatic heterocycles. The lowest BCUT2D eigenvalue weighted by molar-refractivity contribution is -0.135. The Kier molecular flexibility index (Phi) is 11.6. The lowest BCUT2D eigenvalue weighted by Gasteiger charge is -1.97. The van der Waals surface area contributed by atoms with E-state index in [-0.39, 0.29) is 16.7 Å². The Morgan fingerprint density at radius 3 is 2.41 bits per heavy atom. The minimum atomic E-state index is -0.609. The molecule has 0 saturated heterocycles. The molecule has 2 aromatic rings. The van der Waals surface area contributed by atoms with Crippen LogP contribution in [0.1, 0.15) is 29.9 Å². The summed E-state index contributed by atoms with van der Waals surface area (Å²) >= 11 is 4.29. The smallest absolute Gasteiger partial charge is 0.365 e. The van der Waals surface area contributed by atoms with Crippen LogP contribution in [0.15, 0.2) is 44.9 Å².